The molecular weight excluding hydrogens is 603 g/mol. The van der Waals surface area contributed by atoms with Crippen molar-refractivity contribution >= 4 is 33.4 Å². The summed E-state index contributed by atoms with van der Waals surface area (Å²) < 4.78 is 43.4. The number of nitrogens with zero attached hydrogens (tertiary/aromatic N) is 4. The number of amides is 2. The zero-order valence-electron chi connectivity index (χ0n) is 21.9. The van der Waals surface area contributed by atoms with Crippen LogP contribution in [-0.2, 0) is 25.6 Å². The van der Waals surface area contributed by atoms with Crippen molar-refractivity contribution in [1.29, 1.82) is 0 Å². The molecule has 1 aliphatic heterocycles. The van der Waals surface area contributed by atoms with E-state index in [2.05, 4.69) is 32.3 Å². The molecule has 1 aliphatic rings. The van der Waals surface area contributed by atoms with E-state index in [-0.39, 0.29) is 40.9 Å². The van der Waals surface area contributed by atoms with Crippen molar-refractivity contribution in [3.8, 4) is 18.0 Å². The minimum atomic E-state index is -4.65. The SMILES string of the molecule is C#CCc1cnn2c3c(c(=O)n(-c4ccc(C(=O)NC)cc4)c12)CC(C)N(C(=O)c1ccc(Br)c(C(F)(F)F)c1)C3. The van der Waals surface area contributed by atoms with E-state index in [4.69, 9.17) is 6.42 Å². The topological polar surface area (TPSA) is 88.7 Å². The van der Waals surface area contributed by atoms with Crippen LogP contribution in [0, 0.1) is 12.3 Å². The van der Waals surface area contributed by atoms with Gasteiger partial charge >= 0.3 is 6.18 Å². The summed E-state index contributed by atoms with van der Waals surface area (Å²) in [5.74, 6) is 1.70. The molecule has 210 valence electrons. The molecule has 3 heterocycles. The van der Waals surface area contributed by atoms with Crippen molar-refractivity contribution in [2.24, 2.45) is 0 Å². The molecule has 1 N–H and O–H groups in total. The highest BCUT2D eigenvalue weighted by Crippen LogP contribution is 2.36. The summed E-state index contributed by atoms with van der Waals surface area (Å²) in [6, 6.07) is 9.36. The van der Waals surface area contributed by atoms with Crippen molar-refractivity contribution in [3.63, 3.8) is 0 Å². The summed E-state index contributed by atoms with van der Waals surface area (Å²) in [6.07, 6.45) is 2.82. The first-order valence-corrected chi connectivity index (χ1v) is 13.3. The Hall–Kier alpha value is -4.37. The van der Waals surface area contributed by atoms with Gasteiger partial charge in [0.15, 0.2) is 0 Å². The molecule has 0 fully saturated rings. The third-order valence-corrected chi connectivity index (χ3v) is 7.82. The van der Waals surface area contributed by atoms with Crippen LogP contribution in [0.5, 0.6) is 0 Å². The van der Waals surface area contributed by atoms with Gasteiger partial charge in [0.25, 0.3) is 17.4 Å². The molecule has 41 heavy (non-hydrogen) atoms. The number of carbonyl (C=O) groups excluding carboxylic acids is 2. The maximum absolute atomic E-state index is 14.0. The number of hydrogen-bond donors (Lipinski definition) is 1. The average molecular weight is 626 g/mol. The molecule has 0 bridgehead atoms. The Morgan fingerprint density at radius 3 is 2.49 bits per heavy atom. The maximum Gasteiger partial charge on any atom is 0.417 e. The molecule has 12 heteroatoms. The number of nitrogens with one attached hydrogen (secondary N) is 1. The first kappa shape index (κ1) is 28.2. The summed E-state index contributed by atoms with van der Waals surface area (Å²) >= 11 is 2.91. The Morgan fingerprint density at radius 1 is 1.17 bits per heavy atom. The summed E-state index contributed by atoms with van der Waals surface area (Å²) in [7, 11) is 1.52. The Balaban J connectivity index is 1.63. The molecule has 1 atom stereocenters. The Kier molecular flexibility index (Phi) is 7.25. The zero-order valence-corrected chi connectivity index (χ0v) is 23.5. The zero-order chi connectivity index (χ0) is 29.6. The standard InChI is InChI=1S/C29H23BrF3N5O3/c1-4-5-19-14-35-38-24-15-36(27(40)18-8-11-23(30)22(13-18)29(31,32)33)16(2)12-21(24)28(41)37(26(19)38)20-9-6-17(7-10-20)25(39)34-3/h1,6-11,13-14,16H,5,12,15H2,2-3H3,(H,34,39). The molecular formula is C29H23BrF3N5O3. The molecule has 0 saturated heterocycles. The number of terminal acetylenes is 1. The van der Waals surface area contributed by atoms with E-state index in [0.717, 1.165) is 6.07 Å². The van der Waals surface area contributed by atoms with Gasteiger partial charge in [0.05, 0.1) is 29.7 Å². The molecule has 5 rings (SSSR count). The van der Waals surface area contributed by atoms with Gasteiger partial charge in [-0.1, -0.05) is 15.9 Å². The lowest BCUT2D eigenvalue weighted by Gasteiger charge is -2.35. The van der Waals surface area contributed by atoms with E-state index in [1.807, 2.05) is 0 Å². The van der Waals surface area contributed by atoms with Crippen LogP contribution in [0.4, 0.5) is 13.2 Å². The number of fused-ring (bicyclic) bond motifs is 3. The van der Waals surface area contributed by atoms with Crippen LogP contribution in [-0.4, -0.2) is 44.0 Å². The lowest BCUT2D eigenvalue weighted by molar-refractivity contribution is -0.138. The van der Waals surface area contributed by atoms with Gasteiger partial charge < -0.3 is 10.2 Å². The Morgan fingerprint density at radius 2 is 1.85 bits per heavy atom. The fraction of sp³-hybridized carbons (Fsp3) is 0.241. The second kappa shape index (κ2) is 10.6. The van der Waals surface area contributed by atoms with Gasteiger partial charge in [-0.15, -0.1) is 12.3 Å². The van der Waals surface area contributed by atoms with Crippen LogP contribution < -0.4 is 10.9 Å². The van der Waals surface area contributed by atoms with Crippen molar-refractivity contribution in [1.82, 2.24) is 24.4 Å². The molecule has 0 saturated carbocycles. The smallest absolute Gasteiger partial charge is 0.355 e. The van der Waals surface area contributed by atoms with Gasteiger partial charge in [0.1, 0.15) is 5.65 Å². The lowest BCUT2D eigenvalue weighted by atomic mass is 9.98. The molecule has 0 aliphatic carbocycles. The maximum atomic E-state index is 14.0. The summed E-state index contributed by atoms with van der Waals surface area (Å²) in [5.41, 5.74) is 1.39. The van der Waals surface area contributed by atoms with E-state index >= 15 is 0 Å². The number of halogens is 4. The van der Waals surface area contributed by atoms with Gasteiger partial charge in [0.2, 0.25) is 0 Å². The summed E-state index contributed by atoms with van der Waals surface area (Å²) in [6.45, 7) is 1.69. The minimum absolute atomic E-state index is 0.0495. The van der Waals surface area contributed by atoms with Crippen molar-refractivity contribution < 1.29 is 22.8 Å². The second-order valence-corrected chi connectivity index (χ2v) is 10.5. The van der Waals surface area contributed by atoms with Gasteiger partial charge in [-0.25, -0.2) is 4.52 Å². The second-order valence-electron chi connectivity index (χ2n) is 9.66. The van der Waals surface area contributed by atoms with E-state index < -0.39 is 23.7 Å². The van der Waals surface area contributed by atoms with Gasteiger partial charge in [0, 0.05) is 46.2 Å². The molecule has 8 nitrogen and oxygen atoms in total. The molecule has 1 unspecified atom stereocenters. The predicted molar refractivity (Wildman–Crippen MR) is 149 cm³/mol. The predicted octanol–water partition coefficient (Wildman–Crippen LogP) is 4.39. The highest BCUT2D eigenvalue weighted by Gasteiger charge is 2.36. The summed E-state index contributed by atoms with van der Waals surface area (Å²) in [4.78, 5) is 41.0. The van der Waals surface area contributed by atoms with Gasteiger partial charge in [-0.2, -0.15) is 18.3 Å². The van der Waals surface area contributed by atoms with Crippen LogP contribution in [0.15, 0.2) is 57.9 Å². The van der Waals surface area contributed by atoms with Crippen molar-refractivity contribution in [2.75, 3.05) is 7.05 Å². The van der Waals surface area contributed by atoms with E-state index in [1.165, 1.54) is 28.6 Å². The molecule has 0 radical (unpaired) electrons. The first-order chi connectivity index (χ1) is 19.5. The molecule has 0 spiro atoms. The average Bonchev–Trinajstić information content (AvgIpc) is 3.35. The van der Waals surface area contributed by atoms with E-state index in [0.29, 0.717) is 33.7 Å². The number of aromatic nitrogens is 3. The number of rotatable bonds is 4. The van der Waals surface area contributed by atoms with Crippen LogP contribution in [0.25, 0.3) is 11.3 Å². The van der Waals surface area contributed by atoms with Crippen LogP contribution in [0.1, 0.15) is 50.0 Å². The summed E-state index contributed by atoms with van der Waals surface area (Å²) in [5, 5.41) is 7.04. The Labute approximate surface area is 240 Å². The van der Waals surface area contributed by atoms with Gasteiger partial charge in [-0.3, -0.25) is 19.0 Å². The van der Waals surface area contributed by atoms with Gasteiger partial charge in [-0.05, 0) is 55.8 Å². The molecule has 2 aromatic heterocycles. The monoisotopic (exact) mass is 625 g/mol. The van der Waals surface area contributed by atoms with Crippen molar-refractivity contribution in [3.05, 3.63) is 97.0 Å². The first-order valence-electron chi connectivity index (χ1n) is 12.5. The fourth-order valence-electron chi connectivity index (χ4n) is 5.08. The third-order valence-electron chi connectivity index (χ3n) is 7.13. The third kappa shape index (κ3) is 4.91. The van der Waals surface area contributed by atoms with E-state index in [9.17, 15) is 27.6 Å². The number of carbonyl (C=O) groups is 2. The highest BCUT2D eigenvalue weighted by atomic mass is 79.9. The van der Waals surface area contributed by atoms with Crippen LogP contribution >= 0.6 is 15.9 Å². The quantitative estimate of drug-likeness (QED) is 0.341. The number of benzene rings is 2. The van der Waals surface area contributed by atoms with Crippen LogP contribution in [0.3, 0.4) is 0 Å². The molecule has 2 amide bonds. The van der Waals surface area contributed by atoms with Crippen molar-refractivity contribution in [2.45, 2.75) is 38.5 Å². The highest BCUT2D eigenvalue weighted by molar-refractivity contribution is 9.10. The number of hydrogen-bond acceptors (Lipinski definition) is 4. The fourth-order valence-corrected chi connectivity index (χ4v) is 5.55. The minimum Gasteiger partial charge on any atom is -0.355 e. The Bertz CT molecular complexity index is 1800. The largest absolute Gasteiger partial charge is 0.417 e. The normalized spacial score (nSPS) is 15.0. The van der Waals surface area contributed by atoms with E-state index in [1.54, 1.807) is 41.9 Å². The molecule has 2 aromatic carbocycles. The number of alkyl halides is 3. The molecule has 4 aromatic rings. The lowest BCUT2D eigenvalue weighted by Crippen LogP contribution is -2.46. The van der Waals surface area contributed by atoms with Crippen LogP contribution in [0.2, 0.25) is 0 Å².